The molecule has 0 aliphatic rings. The lowest BCUT2D eigenvalue weighted by Crippen LogP contribution is -2.21. The van der Waals surface area contributed by atoms with Gasteiger partial charge in [-0.2, -0.15) is 18.4 Å². The van der Waals surface area contributed by atoms with Crippen LogP contribution in [-0.4, -0.2) is 10.5 Å². The summed E-state index contributed by atoms with van der Waals surface area (Å²) in [4.78, 5) is 13.0. The second-order valence-electron chi connectivity index (χ2n) is 5.51. The van der Waals surface area contributed by atoms with E-state index in [4.69, 9.17) is 11.6 Å². The van der Waals surface area contributed by atoms with Gasteiger partial charge in [0.15, 0.2) is 0 Å². The van der Waals surface area contributed by atoms with Crippen molar-refractivity contribution in [3.05, 3.63) is 80.9 Å². The molecule has 1 aromatic heterocycles. The summed E-state index contributed by atoms with van der Waals surface area (Å²) in [6.45, 7) is 0. The highest BCUT2D eigenvalue weighted by Gasteiger charge is 2.42. The van der Waals surface area contributed by atoms with E-state index in [1.807, 2.05) is 0 Å². The minimum atomic E-state index is -4.86. The Morgan fingerprint density at radius 3 is 2.19 bits per heavy atom. The third kappa shape index (κ3) is 3.51. The van der Waals surface area contributed by atoms with Gasteiger partial charge in [0.05, 0.1) is 15.7 Å². The number of nitriles is 1. The van der Waals surface area contributed by atoms with Gasteiger partial charge in [0.2, 0.25) is 0 Å². The van der Waals surface area contributed by atoms with Crippen molar-refractivity contribution in [1.29, 1.82) is 5.26 Å². The van der Waals surface area contributed by atoms with Crippen LogP contribution in [0.2, 0.25) is 5.02 Å². The fraction of sp³-hybridized carbons (Fsp3) is 0.0526. The lowest BCUT2D eigenvalue weighted by molar-refractivity contribution is -0.143. The average molecular weight is 454 g/mol. The van der Waals surface area contributed by atoms with Crippen molar-refractivity contribution in [2.45, 2.75) is 6.18 Å². The smallest absolute Gasteiger partial charge is 0.269 e. The van der Waals surface area contributed by atoms with Crippen molar-refractivity contribution in [3.8, 4) is 17.3 Å². The minimum absolute atomic E-state index is 0.0604. The lowest BCUT2D eigenvalue weighted by atomic mass is 10.1. The zero-order valence-corrected chi connectivity index (χ0v) is 15.7. The molecule has 0 bridgehead atoms. The van der Waals surface area contributed by atoms with E-state index >= 15 is 0 Å². The molecule has 0 aliphatic heterocycles. The van der Waals surface area contributed by atoms with Crippen molar-refractivity contribution >= 4 is 33.4 Å². The van der Waals surface area contributed by atoms with Crippen LogP contribution in [0.1, 0.15) is 21.6 Å². The zero-order chi connectivity index (χ0) is 19.8. The normalized spacial score (nSPS) is 11.3. The predicted molar refractivity (Wildman–Crippen MR) is 98.5 cm³/mol. The molecule has 136 valence electrons. The average Bonchev–Trinajstić information content (AvgIpc) is 2.95. The summed E-state index contributed by atoms with van der Waals surface area (Å²) in [6.07, 6.45) is -4.86. The second kappa shape index (κ2) is 7.22. The molecule has 0 saturated heterocycles. The summed E-state index contributed by atoms with van der Waals surface area (Å²) in [5.74, 6) is -0.893. The Morgan fingerprint density at radius 1 is 1.07 bits per heavy atom. The van der Waals surface area contributed by atoms with Crippen LogP contribution in [0, 0.1) is 11.3 Å². The van der Waals surface area contributed by atoms with Crippen molar-refractivity contribution in [1.82, 2.24) is 4.57 Å². The number of benzene rings is 2. The number of aromatic nitrogens is 1. The van der Waals surface area contributed by atoms with Gasteiger partial charge < -0.3 is 0 Å². The van der Waals surface area contributed by atoms with E-state index < -0.39 is 22.3 Å². The first-order chi connectivity index (χ1) is 12.8. The highest BCUT2D eigenvalue weighted by molar-refractivity contribution is 9.10. The molecule has 0 atom stereocenters. The number of carbonyl (C=O) groups excluding carboxylic acids is 1. The van der Waals surface area contributed by atoms with Gasteiger partial charge in [0.25, 0.3) is 5.91 Å². The predicted octanol–water partition coefficient (Wildman–Crippen LogP) is 6.15. The molecule has 3 nitrogen and oxygen atoms in total. The maximum atomic E-state index is 13.8. The number of halogens is 5. The highest BCUT2D eigenvalue weighted by Crippen LogP contribution is 2.43. The topological polar surface area (TPSA) is 45.8 Å². The van der Waals surface area contributed by atoms with Gasteiger partial charge in [0, 0.05) is 16.1 Å². The first kappa shape index (κ1) is 19.2. The lowest BCUT2D eigenvalue weighted by Gasteiger charge is -2.14. The van der Waals surface area contributed by atoms with Gasteiger partial charge in [-0.05, 0) is 40.2 Å². The molecule has 0 saturated carbocycles. The molecular weight excluding hydrogens is 445 g/mol. The van der Waals surface area contributed by atoms with Gasteiger partial charge in [-0.25, -0.2) is 0 Å². The van der Waals surface area contributed by atoms with Crippen LogP contribution in [-0.2, 0) is 6.18 Å². The first-order valence-corrected chi connectivity index (χ1v) is 8.70. The highest BCUT2D eigenvalue weighted by atomic mass is 79.9. The van der Waals surface area contributed by atoms with Gasteiger partial charge >= 0.3 is 6.18 Å². The van der Waals surface area contributed by atoms with Gasteiger partial charge in [-0.1, -0.05) is 41.9 Å². The molecule has 2 aromatic carbocycles. The molecule has 1 heterocycles. The third-order valence-electron chi connectivity index (χ3n) is 3.83. The summed E-state index contributed by atoms with van der Waals surface area (Å²) in [7, 11) is 0. The van der Waals surface area contributed by atoms with E-state index in [9.17, 15) is 23.2 Å². The summed E-state index contributed by atoms with van der Waals surface area (Å²) in [5, 5.41) is 9.85. The number of hydrogen-bond donors (Lipinski definition) is 0. The fourth-order valence-corrected chi connectivity index (χ4v) is 3.50. The maximum absolute atomic E-state index is 13.8. The SMILES string of the molecule is N#Cc1c(Br)c(C(F)(F)F)n(C(=O)c2ccccc2)c1-c1ccc(Cl)cc1. The molecule has 0 N–H and O–H groups in total. The fourth-order valence-electron chi connectivity index (χ4n) is 2.69. The first-order valence-electron chi connectivity index (χ1n) is 7.53. The van der Waals surface area contributed by atoms with Crippen LogP contribution in [0.5, 0.6) is 0 Å². The summed E-state index contributed by atoms with van der Waals surface area (Å²) in [6, 6.07) is 15.2. The van der Waals surface area contributed by atoms with Gasteiger partial charge in [-0.3, -0.25) is 9.36 Å². The molecule has 0 aliphatic carbocycles. The second-order valence-corrected chi connectivity index (χ2v) is 6.74. The molecule has 3 rings (SSSR count). The quantitative estimate of drug-likeness (QED) is 0.467. The van der Waals surface area contributed by atoms with Crippen LogP contribution in [0.25, 0.3) is 11.3 Å². The van der Waals surface area contributed by atoms with E-state index in [1.165, 1.54) is 36.4 Å². The molecule has 8 heteroatoms. The molecule has 27 heavy (non-hydrogen) atoms. The van der Waals surface area contributed by atoms with E-state index in [-0.39, 0.29) is 22.4 Å². The van der Waals surface area contributed by atoms with Crippen molar-refractivity contribution in [2.24, 2.45) is 0 Å². The summed E-state index contributed by atoms with van der Waals surface area (Å²) in [5.41, 5.74) is -1.35. The number of nitrogens with zero attached hydrogens (tertiary/aromatic N) is 2. The number of carbonyl (C=O) groups is 1. The molecule has 0 spiro atoms. The van der Waals surface area contributed by atoms with Gasteiger partial charge in [0.1, 0.15) is 11.8 Å². The Hall–Kier alpha value is -2.56. The molecule has 3 aromatic rings. The summed E-state index contributed by atoms with van der Waals surface area (Å²) < 4.78 is 41.3. The largest absolute Gasteiger partial charge is 0.433 e. The van der Waals surface area contributed by atoms with Crippen LogP contribution in [0.3, 0.4) is 0 Å². The zero-order valence-electron chi connectivity index (χ0n) is 13.4. The van der Waals surface area contributed by atoms with E-state index in [0.717, 1.165) is 0 Å². The monoisotopic (exact) mass is 452 g/mol. The maximum Gasteiger partial charge on any atom is 0.433 e. The Labute approximate surface area is 165 Å². The van der Waals surface area contributed by atoms with E-state index in [1.54, 1.807) is 24.3 Å². The Kier molecular flexibility index (Phi) is 5.13. The number of alkyl halides is 3. The Morgan fingerprint density at radius 2 is 1.67 bits per heavy atom. The van der Waals surface area contributed by atoms with Crippen molar-refractivity contribution in [3.63, 3.8) is 0 Å². The summed E-state index contributed by atoms with van der Waals surface area (Å²) >= 11 is 8.71. The minimum Gasteiger partial charge on any atom is -0.269 e. The standard InChI is InChI=1S/C19H9BrClF3N2O/c20-15-14(10-25)16(11-6-8-13(21)9-7-11)26(17(15)19(22,23)24)18(27)12-4-2-1-3-5-12/h1-9H. The Balaban J connectivity index is 2.40. The van der Waals surface area contributed by atoms with E-state index in [2.05, 4.69) is 15.9 Å². The Bertz CT molecular complexity index is 1050. The van der Waals surface area contributed by atoms with Crippen LogP contribution < -0.4 is 0 Å². The van der Waals surface area contributed by atoms with Gasteiger partial charge in [-0.15, -0.1) is 0 Å². The third-order valence-corrected chi connectivity index (χ3v) is 4.86. The molecule has 0 unspecified atom stereocenters. The van der Waals surface area contributed by atoms with Crippen LogP contribution >= 0.6 is 27.5 Å². The molecular formula is C19H9BrClF3N2O. The number of rotatable bonds is 2. The number of hydrogen-bond acceptors (Lipinski definition) is 2. The van der Waals surface area contributed by atoms with Crippen molar-refractivity contribution < 1.29 is 18.0 Å². The molecule has 0 radical (unpaired) electrons. The van der Waals surface area contributed by atoms with Crippen LogP contribution in [0.15, 0.2) is 59.1 Å². The molecule has 0 fully saturated rings. The molecule has 0 amide bonds. The van der Waals surface area contributed by atoms with E-state index in [0.29, 0.717) is 9.59 Å². The van der Waals surface area contributed by atoms with Crippen LogP contribution in [0.4, 0.5) is 13.2 Å². The van der Waals surface area contributed by atoms with Crippen molar-refractivity contribution in [2.75, 3.05) is 0 Å².